The summed E-state index contributed by atoms with van der Waals surface area (Å²) < 4.78 is 0. The van der Waals surface area contributed by atoms with Crippen LogP contribution in [0.5, 0.6) is 0 Å². The minimum absolute atomic E-state index is 0.630. The van der Waals surface area contributed by atoms with Crippen LogP contribution in [0, 0.1) is 24.2 Å². The van der Waals surface area contributed by atoms with Gasteiger partial charge in [0.1, 0.15) is 0 Å². The van der Waals surface area contributed by atoms with Gasteiger partial charge in [0.2, 0.25) is 0 Å². The lowest BCUT2D eigenvalue weighted by atomic mass is 10.4. The van der Waals surface area contributed by atoms with E-state index in [0.29, 0.717) is 5.92 Å². The summed E-state index contributed by atoms with van der Waals surface area (Å²) in [5.41, 5.74) is 0. The average Bonchev–Trinajstić information content (AvgIpc) is 2.19. The Kier molecular flexibility index (Phi) is 0.630. The Morgan fingerprint density at radius 1 is 1.83 bits per heavy atom. The maximum atomic E-state index is 5.07. The molecule has 0 aromatic carbocycles. The SMILES string of the molecule is C#C[C@H]1C[C@H]1C. The van der Waals surface area contributed by atoms with Crippen molar-refractivity contribution in [1.29, 1.82) is 0 Å². The van der Waals surface area contributed by atoms with Crippen molar-refractivity contribution < 1.29 is 0 Å². The monoisotopic (exact) mass is 80.1 g/mol. The number of hydrogen-bond acceptors (Lipinski definition) is 0. The molecule has 1 rings (SSSR count). The van der Waals surface area contributed by atoms with Gasteiger partial charge in [-0.1, -0.05) is 6.92 Å². The molecule has 0 amide bonds. The quantitative estimate of drug-likeness (QED) is 0.384. The zero-order valence-electron chi connectivity index (χ0n) is 3.94. The highest BCUT2D eigenvalue weighted by Crippen LogP contribution is 2.36. The van der Waals surface area contributed by atoms with Crippen LogP contribution in [0.2, 0.25) is 0 Å². The molecule has 0 N–H and O–H groups in total. The smallest absolute Gasteiger partial charge is 0.0229 e. The first-order chi connectivity index (χ1) is 2.84. The van der Waals surface area contributed by atoms with Crippen molar-refractivity contribution in [2.45, 2.75) is 13.3 Å². The molecule has 0 spiro atoms. The van der Waals surface area contributed by atoms with Crippen LogP contribution in [0.4, 0.5) is 0 Å². The zero-order chi connectivity index (χ0) is 4.57. The third-order valence-corrected chi connectivity index (χ3v) is 1.32. The first kappa shape index (κ1) is 3.74. The third-order valence-electron chi connectivity index (χ3n) is 1.32. The van der Waals surface area contributed by atoms with Gasteiger partial charge in [0.05, 0.1) is 0 Å². The van der Waals surface area contributed by atoms with Crippen LogP contribution >= 0.6 is 0 Å². The molecule has 0 unspecified atom stereocenters. The highest BCUT2D eigenvalue weighted by Gasteiger charge is 2.29. The number of hydrogen-bond donors (Lipinski definition) is 0. The third kappa shape index (κ3) is 0.408. The molecule has 0 heterocycles. The van der Waals surface area contributed by atoms with Crippen molar-refractivity contribution >= 4 is 0 Å². The van der Waals surface area contributed by atoms with E-state index in [0.717, 1.165) is 5.92 Å². The second kappa shape index (κ2) is 1.01. The lowest BCUT2D eigenvalue weighted by Crippen LogP contribution is -1.63. The summed E-state index contributed by atoms with van der Waals surface area (Å²) in [5, 5.41) is 0. The van der Waals surface area contributed by atoms with Gasteiger partial charge in [-0.15, -0.1) is 12.3 Å². The van der Waals surface area contributed by atoms with E-state index in [1.54, 1.807) is 0 Å². The van der Waals surface area contributed by atoms with Crippen LogP contribution in [0.3, 0.4) is 0 Å². The van der Waals surface area contributed by atoms with Gasteiger partial charge in [-0.3, -0.25) is 0 Å². The summed E-state index contributed by atoms with van der Waals surface area (Å²) in [6.07, 6.45) is 6.33. The largest absolute Gasteiger partial charge is 0.120 e. The van der Waals surface area contributed by atoms with Crippen LogP contribution in [-0.2, 0) is 0 Å². The summed E-state index contributed by atoms with van der Waals surface area (Å²) in [6.45, 7) is 2.19. The molecule has 0 bridgehead atoms. The van der Waals surface area contributed by atoms with Crippen molar-refractivity contribution in [2.24, 2.45) is 11.8 Å². The first-order valence-corrected chi connectivity index (χ1v) is 2.30. The van der Waals surface area contributed by atoms with Crippen molar-refractivity contribution in [3.05, 3.63) is 0 Å². The molecule has 6 heavy (non-hydrogen) atoms. The molecule has 0 aromatic heterocycles. The molecule has 1 aliphatic carbocycles. The van der Waals surface area contributed by atoms with Gasteiger partial charge in [0, 0.05) is 5.92 Å². The van der Waals surface area contributed by atoms with Crippen LogP contribution in [0.25, 0.3) is 0 Å². The molecule has 0 saturated heterocycles. The molecule has 1 saturated carbocycles. The summed E-state index contributed by atoms with van der Waals surface area (Å²) in [4.78, 5) is 0. The second-order valence-corrected chi connectivity index (χ2v) is 1.99. The molecule has 32 valence electrons. The van der Waals surface area contributed by atoms with E-state index in [9.17, 15) is 0 Å². The fraction of sp³-hybridized carbons (Fsp3) is 0.667. The Morgan fingerprint density at radius 3 is 2.33 bits per heavy atom. The van der Waals surface area contributed by atoms with E-state index >= 15 is 0 Å². The predicted molar refractivity (Wildman–Crippen MR) is 26.1 cm³/mol. The fourth-order valence-electron chi connectivity index (χ4n) is 0.554. The van der Waals surface area contributed by atoms with Crippen molar-refractivity contribution in [3.8, 4) is 12.3 Å². The van der Waals surface area contributed by atoms with Gasteiger partial charge in [-0.05, 0) is 12.3 Å². The molecule has 1 fully saturated rings. The maximum absolute atomic E-state index is 5.07. The van der Waals surface area contributed by atoms with Gasteiger partial charge in [0.15, 0.2) is 0 Å². The van der Waals surface area contributed by atoms with E-state index in [-0.39, 0.29) is 0 Å². The molecule has 0 heteroatoms. The molecule has 1 aliphatic rings. The Hall–Kier alpha value is -0.440. The van der Waals surface area contributed by atoms with Gasteiger partial charge in [-0.25, -0.2) is 0 Å². The Morgan fingerprint density at radius 2 is 2.33 bits per heavy atom. The van der Waals surface area contributed by atoms with Crippen LogP contribution in [0.1, 0.15) is 13.3 Å². The molecule has 0 radical (unpaired) electrons. The molecular weight excluding hydrogens is 72.1 g/mol. The lowest BCUT2D eigenvalue weighted by Gasteiger charge is -1.68. The van der Waals surface area contributed by atoms with E-state index in [1.165, 1.54) is 6.42 Å². The number of terminal acetylenes is 1. The highest BCUT2D eigenvalue weighted by molar-refractivity contribution is 5.05. The maximum Gasteiger partial charge on any atom is 0.0229 e. The second-order valence-electron chi connectivity index (χ2n) is 1.99. The van der Waals surface area contributed by atoms with E-state index in [4.69, 9.17) is 6.42 Å². The highest BCUT2D eigenvalue weighted by atomic mass is 14.3. The van der Waals surface area contributed by atoms with Gasteiger partial charge < -0.3 is 0 Å². The summed E-state index contributed by atoms with van der Waals surface area (Å²) in [5.74, 6) is 4.15. The van der Waals surface area contributed by atoms with Gasteiger partial charge in [0.25, 0.3) is 0 Å². The Labute approximate surface area is 38.6 Å². The minimum Gasteiger partial charge on any atom is -0.120 e. The van der Waals surface area contributed by atoms with Crippen molar-refractivity contribution in [2.75, 3.05) is 0 Å². The van der Waals surface area contributed by atoms with Gasteiger partial charge in [-0.2, -0.15) is 0 Å². The molecular formula is C6H8. The number of rotatable bonds is 0. The standard InChI is InChI=1S/C6H8/c1-3-6-4-5(6)2/h1,5-6H,4H2,2H3/t5-,6+/m1/s1. The molecule has 2 atom stereocenters. The Bertz CT molecular complexity index is 86.7. The first-order valence-electron chi connectivity index (χ1n) is 2.30. The van der Waals surface area contributed by atoms with Gasteiger partial charge >= 0.3 is 0 Å². The van der Waals surface area contributed by atoms with Crippen LogP contribution < -0.4 is 0 Å². The Balaban J connectivity index is 2.31. The van der Waals surface area contributed by atoms with Crippen molar-refractivity contribution in [1.82, 2.24) is 0 Å². The van der Waals surface area contributed by atoms with E-state index < -0.39 is 0 Å². The normalized spacial score (nSPS) is 41.3. The van der Waals surface area contributed by atoms with Crippen LogP contribution in [0.15, 0.2) is 0 Å². The fourth-order valence-corrected chi connectivity index (χ4v) is 0.554. The molecule has 0 aromatic rings. The minimum atomic E-state index is 0.630. The zero-order valence-corrected chi connectivity index (χ0v) is 3.94. The molecule has 0 aliphatic heterocycles. The summed E-state index contributed by atoms with van der Waals surface area (Å²) >= 11 is 0. The van der Waals surface area contributed by atoms with E-state index in [2.05, 4.69) is 12.8 Å². The average molecular weight is 80.1 g/mol. The van der Waals surface area contributed by atoms with Crippen molar-refractivity contribution in [3.63, 3.8) is 0 Å². The summed E-state index contributed by atoms with van der Waals surface area (Å²) in [6, 6.07) is 0. The molecule has 0 nitrogen and oxygen atoms in total. The van der Waals surface area contributed by atoms with E-state index in [1.807, 2.05) is 0 Å². The van der Waals surface area contributed by atoms with Crippen LogP contribution in [-0.4, -0.2) is 0 Å². The summed E-state index contributed by atoms with van der Waals surface area (Å²) in [7, 11) is 0. The lowest BCUT2D eigenvalue weighted by molar-refractivity contribution is 0.918. The topological polar surface area (TPSA) is 0 Å². The predicted octanol–water partition coefficient (Wildman–Crippen LogP) is 1.28.